The molecule has 0 spiro atoms. The van der Waals surface area contributed by atoms with Gasteiger partial charge in [0.1, 0.15) is 0 Å². The van der Waals surface area contributed by atoms with E-state index in [-0.39, 0.29) is 18.4 Å². The summed E-state index contributed by atoms with van der Waals surface area (Å²) in [6, 6.07) is 11.7. The molecule has 0 fully saturated rings. The van der Waals surface area contributed by atoms with Gasteiger partial charge in [-0.2, -0.15) is 0 Å². The number of halogens is 1. The van der Waals surface area contributed by atoms with Crippen LogP contribution >= 0.6 is 15.9 Å². The van der Waals surface area contributed by atoms with Crippen LogP contribution in [0.2, 0.25) is 0 Å². The molecule has 0 aliphatic rings. The first-order chi connectivity index (χ1) is 12.3. The topological polar surface area (TPSA) is 49.4 Å². The molecule has 0 saturated heterocycles. The smallest absolute Gasteiger partial charge is 0.246 e. The predicted molar refractivity (Wildman–Crippen MR) is 110 cm³/mol. The highest BCUT2D eigenvalue weighted by molar-refractivity contribution is 9.10. The highest BCUT2D eigenvalue weighted by Crippen LogP contribution is 2.21. The Kier molecular flexibility index (Phi) is 6.75. The third-order valence-corrected chi connectivity index (χ3v) is 4.46. The molecule has 4 nitrogen and oxygen atoms in total. The lowest BCUT2D eigenvalue weighted by molar-refractivity contribution is -0.129. The lowest BCUT2D eigenvalue weighted by atomic mass is 10.1. The predicted octanol–water partition coefficient (Wildman–Crippen LogP) is 4.48. The monoisotopic (exact) mass is 414 g/mol. The minimum Gasteiger partial charge on any atom is -0.333 e. The van der Waals surface area contributed by atoms with Crippen molar-refractivity contribution in [3.8, 4) is 0 Å². The van der Waals surface area contributed by atoms with Crippen LogP contribution in [0.25, 0.3) is 6.08 Å². The Morgan fingerprint density at radius 3 is 2.38 bits per heavy atom. The Morgan fingerprint density at radius 2 is 1.77 bits per heavy atom. The highest BCUT2D eigenvalue weighted by atomic mass is 79.9. The molecule has 0 atom stereocenters. The van der Waals surface area contributed by atoms with E-state index in [0.717, 1.165) is 32.4 Å². The van der Waals surface area contributed by atoms with Gasteiger partial charge in [0, 0.05) is 23.3 Å². The summed E-state index contributed by atoms with van der Waals surface area (Å²) in [5, 5.41) is 2.91. The number of likely N-dealkylation sites (N-methyl/N-ethyl adjacent to an activating group) is 1. The van der Waals surface area contributed by atoms with Crippen molar-refractivity contribution in [3.63, 3.8) is 0 Å². The molecule has 5 heteroatoms. The second kappa shape index (κ2) is 8.81. The Labute approximate surface area is 163 Å². The van der Waals surface area contributed by atoms with E-state index in [1.54, 1.807) is 13.1 Å². The number of amides is 2. The quantitative estimate of drug-likeness (QED) is 0.732. The molecule has 2 rings (SSSR count). The number of carbonyl (C=O) groups is 2. The van der Waals surface area contributed by atoms with Gasteiger partial charge in [0.2, 0.25) is 11.8 Å². The summed E-state index contributed by atoms with van der Waals surface area (Å²) in [4.78, 5) is 25.9. The van der Waals surface area contributed by atoms with Crippen molar-refractivity contribution in [1.29, 1.82) is 0 Å². The van der Waals surface area contributed by atoms with E-state index in [0.29, 0.717) is 0 Å². The maximum atomic E-state index is 12.3. The Bertz CT molecular complexity index is 836. The summed E-state index contributed by atoms with van der Waals surface area (Å²) in [5.41, 5.74) is 4.91. The SMILES string of the molecule is Cc1cc(C)c(NC(=O)CN(C)C(=O)/C=C/c2cccc(Br)c2)c(C)c1. The molecule has 0 unspecified atom stereocenters. The zero-order valence-electron chi connectivity index (χ0n) is 15.5. The van der Waals surface area contributed by atoms with Crippen molar-refractivity contribution in [2.24, 2.45) is 0 Å². The van der Waals surface area contributed by atoms with Crippen LogP contribution in [0.1, 0.15) is 22.3 Å². The molecule has 0 bridgehead atoms. The average Bonchev–Trinajstić information content (AvgIpc) is 2.56. The van der Waals surface area contributed by atoms with E-state index < -0.39 is 0 Å². The minimum absolute atomic E-state index is 0.00554. The second-order valence-electron chi connectivity index (χ2n) is 6.40. The largest absolute Gasteiger partial charge is 0.333 e. The van der Waals surface area contributed by atoms with Crippen LogP contribution in [0.4, 0.5) is 5.69 Å². The number of hydrogen-bond donors (Lipinski definition) is 1. The summed E-state index contributed by atoms with van der Waals surface area (Å²) < 4.78 is 0.948. The van der Waals surface area contributed by atoms with Crippen molar-refractivity contribution in [3.05, 3.63) is 69.2 Å². The van der Waals surface area contributed by atoms with Gasteiger partial charge in [-0.05, 0) is 55.7 Å². The molecule has 0 aromatic heterocycles. The van der Waals surface area contributed by atoms with E-state index >= 15 is 0 Å². The first-order valence-corrected chi connectivity index (χ1v) is 9.12. The molecule has 0 aliphatic carbocycles. The molecule has 2 aromatic carbocycles. The number of nitrogens with one attached hydrogen (secondary N) is 1. The number of rotatable bonds is 5. The van der Waals surface area contributed by atoms with Crippen LogP contribution in [0.15, 0.2) is 46.9 Å². The molecule has 0 heterocycles. The Balaban J connectivity index is 1.97. The first kappa shape index (κ1) is 19.9. The zero-order valence-corrected chi connectivity index (χ0v) is 17.1. The number of benzene rings is 2. The van der Waals surface area contributed by atoms with Crippen molar-refractivity contribution in [2.45, 2.75) is 20.8 Å². The van der Waals surface area contributed by atoms with Crippen molar-refractivity contribution in [1.82, 2.24) is 4.90 Å². The highest BCUT2D eigenvalue weighted by Gasteiger charge is 2.13. The van der Waals surface area contributed by atoms with Crippen LogP contribution < -0.4 is 5.32 Å². The molecular formula is C21H23BrN2O2. The van der Waals surface area contributed by atoms with Gasteiger partial charge in [-0.1, -0.05) is 45.8 Å². The first-order valence-electron chi connectivity index (χ1n) is 8.32. The van der Waals surface area contributed by atoms with Crippen LogP contribution in [0, 0.1) is 20.8 Å². The fourth-order valence-corrected chi connectivity index (χ4v) is 3.17. The molecule has 0 aliphatic heterocycles. The third-order valence-electron chi connectivity index (χ3n) is 3.97. The number of anilines is 1. The van der Waals surface area contributed by atoms with Gasteiger partial charge < -0.3 is 10.2 Å². The van der Waals surface area contributed by atoms with E-state index in [9.17, 15) is 9.59 Å². The lowest BCUT2D eigenvalue weighted by Crippen LogP contribution is -2.34. The summed E-state index contributed by atoms with van der Waals surface area (Å²) in [5.74, 6) is -0.441. The van der Waals surface area contributed by atoms with Crippen molar-refractivity contribution < 1.29 is 9.59 Å². The van der Waals surface area contributed by atoms with Gasteiger partial charge in [-0.25, -0.2) is 0 Å². The Hall–Kier alpha value is -2.40. The number of carbonyl (C=O) groups excluding carboxylic acids is 2. The van der Waals surface area contributed by atoms with Crippen LogP contribution in [0.5, 0.6) is 0 Å². The van der Waals surface area contributed by atoms with E-state index in [1.807, 2.05) is 57.2 Å². The number of nitrogens with zero attached hydrogens (tertiary/aromatic N) is 1. The summed E-state index contributed by atoms with van der Waals surface area (Å²) in [6.07, 6.45) is 3.20. The van der Waals surface area contributed by atoms with E-state index in [2.05, 4.69) is 21.2 Å². The maximum absolute atomic E-state index is 12.3. The maximum Gasteiger partial charge on any atom is 0.246 e. The fraction of sp³-hybridized carbons (Fsp3) is 0.238. The Morgan fingerprint density at radius 1 is 1.12 bits per heavy atom. The van der Waals surface area contributed by atoms with Crippen LogP contribution in [-0.4, -0.2) is 30.3 Å². The van der Waals surface area contributed by atoms with Gasteiger partial charge in [-0.3, -0.25) is 9.59 Å². The number of aryl methyl sites for hydroxylation is 3. The van der Waals surface area contributed by atoms with Gasteiger partial charge in [0.05, 0.1) is 6.54 Å². The third kappa shape index (κ3) is 5.56. The van der Waals surface area contributed by atoms with Crippen molar-refractivity contribution in [2.75, 3.05) is 18.9 Å². The fourth-order valence-electron chi connectivity index (χ4n) is 2.75. The summed E-state index contributed by atoms with van der Waals surface area (Å²) >= 11 is 3.40. The van der Waals surface area contributed by atoms with Crippen LogP contribution in [-0.2, 0) is 9.59 Å². The van der Waals surface area contributed by atoms with Gasteiger partial charge in [-0.15, -0.1) is 0 Å². The molecule has 0 saturated carbocycles. The number of hydrogen-bond acceptors (Lipinski definition) is 2. The van der Waals surface area contributed by atoms with E-state index in [1.165, 1.54) is 11.0 Å². The second-order valence-corrected chi connectivity index (χ2v) is 7.32. The van der Waals surface area contributed by atoms with Gasteiger partial charge in [0.25, 0.3) is 0 Å². The molecule has 0 radical (unpaired) electrons. The summed E-state index contributed by atoms with van der Waals surface area (Å²) in [6.45, 7) is 5.94. The zero-order chi connectivity index (χ0) is 19.3. The average molecular weight is 415 g/mol. The standard InChI is InChI=1S/C21H23BrN2O2/c1-14-10-15(2)21(16(3)11-14)23-19(25)13-24(4)20(26)9-8-17-6-5-7-18(22)12-17/h5-12H,13H2,1-4H3,(H,23,25)/b9-8+. The van der Waals surface area contributed by atoms with E-state index in [4.69, 9.17) is 0 Å². The molecule has 1 N–H and O–H groups in total. The lowest BCUT2D eigenvalue weighted by Gasteiger charge is -2.17. The van der Waals surface area contributed by atoms with Crippen LogP contribution in [0.3, 0.4) is 0 Å². The molecule has 2 amide bonds. The summed E-state index contributed by atoms with van der Waals surface area (Å²) in [7, 11) is 1.61. The normalized spacial score (nSPS) is 10.8. The molecular weight excluding hydrogens is 392 g/mol. The molecule has 26 heavy (non-hydrogen) atoms. The van der Waals surface area contributed by atoms with Gasteiger partial charge in [0.15, 0.2) is 0 Å². The van der Waals surface area contributed by atoms with Crippen molar-refractivity contribution >= 4 is 39.5 Å². The van der Waals surface area contributed by atoms with Gasteiger partial charge >= 0.3 is 0 Å². The minimum atomic E-state index is -0.225. The molecule has 2 aromatic rings. The molecule has 136 valence electrons.